The van der Waals surface area contributed by atoms with E-state index in [1.54, 1.807) is 0 Å². The van der Waals surface area contributed by atoms with Crippen LogP contribution in [0.5, 0.6) is 0 Å². The van der Waals surface area contributed by atoms with Gasteiger partial charge in [0.15, 0.2) is 0 Å². The Labute approximate surface area is 152 Å². The topological polar surface area (TPSA) is 84.9 Å². The largest absolute Gasteiger partial charge is 0.733 e. The predicted molar refractivity (Wildman–Crippen MR) is 69.6 cm³/mol. The van der Waals surface area contributed by atoms with Crippen LogP contribution in [0.2, 0.25) is 0 Å². The Hall–Kier alpha value is -2.40. The monoisotopic (exact) mass is 451 g/mol. The van der Waals surface area contributed by atoms with Gasteiger partial charge in [-0.05, 0) is 24.3 Å². The average Bonchev–Trinajstić information content (AvgIpc) is 2.52. The van der Waals surface area contributed by atoms with Crippen molar-refractivity contribution >= 4 is 17.3 Å². The van der Waals surface area contributed by atoms with Crippen LogP contribution in [0.15, 0.2) is 24.3 Å². The molecule has 1 rings (SSSR count). The number of carbonyl (C=O) groups excluding carboxylic acids is 1. The molecule has 2 N–H and O–H groups in total. The first kappa shape index (κ1) is 24.6. The first-order valence-electron chi connectivity index (χ1n) is 6.62. The zero-order valence-corrected chi connectivity index (χ0v) is 13.1. The van der Waals surface area contributed by atoms with Crippen LogP contribution in [0, 0.1) is 5.21 Å². The molecule has 6 nitrogen and oxygen atoms in total. The molecule has 1 aromatic rings. The number of amides is 1. The van der Waals surface area contributed by atoms with Gasteiger partial charge in [0.25, 0.3) is 5.91 Å². The zero-order chi connectivity index (χ0) is 23.1. The Morgan fingerprint density at radius 3 is 1.69 bits per heavy atom. The quantitative estimate of drug-likeness (QED) is 0.496. The summed E-state index contributed by atoms with van der Waals surface area (Å²) in [6.45, 7) is 0. The number of halogens is 11. The Bertz CT molecular complexity index is 733. The van der Waals surface area contributed by atoms with Crippen molar-refractivity contribution in [1.29, 1.82) is 0 Å². The maximum atomic E-state index is 14.0. The lowest BCUT2D eigenvalue weighted by atomic mass is 10.2. The summed E-state index contributed by atoms with van der Waals surface area (Å²) in [5.74, 6) is -16.9. The molecule has 0 aliphatic rings. The fraction of sp³-hybridized carbons (Fsp3) is 0.417. The molecular weight excluding hydrogens is 445 g/mol. The van der Waals surface area contributed by atoms with E-state index in [1.807, 2.05) is 0 Å². The van der Waals surface area contributed by atoms with E-state index in [-0.39, 0.29) is 0 Å². The highest BCUT2D eigenvalue weighted by molar-refractivity contribution is 5.97. The molecule has 0 spiro atoms. The van der Waals surface area contributed by atoms with Gasteiger partial charge >= 0.3 is 30.2 Å². The van der Waals surface area contributed by atoms with Crippen LogP contribution in [0.1, 0.15) is 0 Å². The summed E-state index contributed by atoms with van der Waals surface area (Å²) >= 11 is 0. The van der Waals surface area contributed by atoms with Gasteiger partial charge in [-0.1, -0.05) is 0 Å². The lowest BCUT2D eigenvalue weighted by molar-refractivity contribution is -0.472. The van der Waals surface area contributed by atoms with E-state index in [0.29, 0.717) is 24.3 Å². The van der Waals surface area contributed by atoms with E-state index < -0.39 is 52.7 Å². The van der Waals surface area contributed by atoms with Crippen molar-refractivity contribution in [3.8, 4) is 0 Å². The van der Waals surface area contributed by atoms with Crippen LogP contribution in [-0.4, -0.2) is 41.4 Å². The molecule has 1 atom stereocenters. The molecule has 0 aliphatic carbocycles. The highest BCUT2D eigenvalue weighted by Crippen LogP contribution is 2.51. The summed E-state index contributed by atoms with van der Waals surface area (Å²) in [5, 5.41) is 19.2. The molecule has 0 saturated carbocycles. The van der Waals surface area contributed by atoms with Gasteiger partial charge in [0.1, 0.15) is 0 Å². The van der Waals surface area contributed by atoms with Gasteiger partial charge < -0.3 is 15.8 Å². The number of nitrogens with one attached hydrogen (secondary N) is 1. The summed E-state index contributed by atoms with van der Waals surface area (Å²) in [6.07, 6.45) is -21.2. The number of carbonyl (C=O) groups is 1. The van der Waals surface area contributed by atoms with Crippen LogP contribution in [-0.2, 0) is 9.53 Å². The minimum atomic E-state index is -7.30. The van der Waals surface area contributed by atoms with Gasteiger partial charge in [-0.25, -0.2) is 0 Å². The van der Waals surface area contributed by atoms with Gasteiger partial charge in [0.2, 0.25) is 0 Å². The van der Waals surface area contributed by atoms with Crippen molar-refractivity contribution in [3.63, 3.8) is 0 Å². The van der Waals surface area contributed by atoms with Crippen molar-refractivity contribution in [2.45, 2.75) is 30.2 Å². The lowest BCUT2D eigenvalue weighted by Gasteiger charge is -2.34. The van der Waals surface area contributed by atoms with E-state index in [9.17, 15) is 58.3 Å². The van der Waals surface area contributed by atoms with Gasteiger partial charge in [-0.3, -0.25) is 14.7 Å². The van der Waals surface area contributed by atoms with Crippen molar-refractivity contribution in [2.75, 3.05) is 10.5 Å². The van der Waals surface area contributed by atoms with Crippen molar-refractivity contribution < 1.29 is 63.0 Å². The van der Waals surface area contributed by atoms with E-state index in [0.717, 1.165) is 5.32 Å². The van der Waals surface area contributed by atoms with Gasteiger partial charge in [-0.2, -0.15) is 48.3 Å². The van der Waals surface area contributed by atoms with Crippen LogP contribution in [0.4, 0.5) is 59.7 Å². The Morgan fingerprint density at radius 1 is 0.897 bits per heavy atom. The SMILES string of the molecule is O=C(Nc1ccc(N([O-])O)cc1)[C@](F)(OC(F)(F)C(F)(F)C(F)(F)F)C(F)(F)F. The Morgan fingerprint density at radius 2 is 1.34 bits per heavy atom. The molecule has 29 heavy (non-hydrogen) atoms. The van der Waals surface area contributed by atoms with Gasteiger partial charge in [-0.15, -0.1) is 0 Å². The molecule has 0 aliphatic heterocycles. The van der Waals surface area contributed by atoms with Crippen molar-refractivity contribution in [3.05, 3.63) is 29.5 Å². The highest BCUT2D eigenvalue weighted by Gasteiger charge is 2.79. The van der Waals surface area contributed by atoms with Crippen LogP contribution in [0.3, 0.4) is 0 Å². The maximum absolute atomic E-state index is 14.0. The highest BCUT2D eigenvalue weighted by atomic mass is 19.4. The number of nitrogens with zero attached hydrogens (tertiary/aromatic N) is 1. The minimum absolute atomic E-state index is 0.521. The molecular formula is C12H6F11N2O4-. The fourth-order valence-corrected chi connectivity index (χ4v) is 1.52. The fourth-order valence-electron chi connectivity index (χ4n) is 1.52. The number of hydrogen-bond donors (Lipinski definition) is 2. The molecule has 1 aromatic carbocycles. The van der Waals surface area contributed by atoms with Crippen molar-refractivity contribution in [1.82, 2.24) is 0 Å². The van der Waals surface area contributed by atoms with E-state index in [2.05, 4.69) is 4.74 Å². The molecule has 0 radical (unpaired) electrons. The number of benzene rings is 1. The van der Waals surface area contributed by atoms with E-state index >= 15 is 0 Å². The number of rotatable bonds is 6. The molecule has 0 saturated heterocycles. The first-order valence-corrected chi connectivity index (χ1v) is 6.62. The molecule has 0 aromatic heterocycles. The van der Waals surface area contributed by atoms with Gasteiger partial charge in [0, 0.05) is 5.69 Å². The van der Waals surface area contributed by atoms with Gasteiger partial charge in [0.05, 0.1) is 5.69 Å². The summed E-state index contributed by atoms with van der Waals surface area (Å²) in [6, 6.07) is 2.27. The van der Waals surface area contributed by atoms with E-state index in [1.165, 1.54) is 0 Å². The summed E-state index contributed by atoms with van der Waals surface area (Å²) in [4.78, 5) is 11.4. The molecule has 0 bridgehead atoms. The molecule has 0 unspecified atom stereocenters. The normalized spacial score (nSPS) is 15.6. The molecule has 1 amide bonds. The average molecular weight is 451 g/mol. The number of alkyl halides is 11. The van der Waals surface area contributed by atoms with Crippen LogP contribution in [0.25, 0.3) is 0 Å². The molecule has 17 heteroatoms. The number of hydrogen-bond acceptors (Lipinski definition) is 5. The summed E-state index contributed by atoms with van der Waals surface area (Å²) in [7, 11) is 0. The van der Waals surface area contributed by atoms with Crippen LogP contribution < -0.4 is 10.5 Å². The molecule has 0 fully saturated rings. The molecule has 166 valence electrons. The third-order valence-electron chi connectivity index (χ3n) is 2.99. The lowest BCUT2D eigenvalue weighted by Crippen LogP contribution is -2.62. The second kappa shape index (κ2) is 7.45. The second-order valence-electron chi connectivity index (χ2n) is 5.06. The molecule has 0 heterocycles. The third kappa shape index (κ3) is 4.78. The Kier molecular flexibility index (Phi) is 6.33. The first-order chi connectivity index (χ1) is 12.8. The van der Waals surface area contributed by atoms with Crippen molar-refractivity contribution in [2.24, 2.45) is 0 Å². The van der Waals surface area contributed by atoms with Crippen LogP contribution >= 0.6 is 0 Å². The predicted octanol–water partition coefficient (Wildman–Crippen LogP) is 4.35. The number of anilines is 2. The summed E-state index contributed by atoms with van der Waals surface area (Å²) < 4.78 is 142. The third-order valence-corrected chi connectivity index (χ3v) is 2.99. The smallest absolute Gasteiger partial charge is 0.462 e. The zero-order valence-electron chi connectivity index (χ0n) is 13.1. The summed E-state index contributed by atoms with van der Waals surface area (Å²) in [5.41, 5.74) is -1.45. The standard InChI is InChI=1S/C12H6F11N2O4/c13-8(10(16,17)18,29-12(22,23)9(14,15)11(19,20)21)7(26)24-5-1-3-6(4-2-5)25(27)28/h1-4,27H,(H,24,26)/q-1/t8-/m0/s1. The second-order valence-corrected chi connectivity index (χ2v) is 5.06. The van der Waals surface area contributed by atoms with E-state index in [4.69, 9.17) is 5.21 Å². The maximum Gasteiger partial charge on any atom is 0.462 e. The minimum Gasteiger partial charge on any atom is -0.733 e. The number of ether oxygens (including phenoxy) is 1. The Balaban J connectivity index is 3.25.